The molecule has 212 valence electrons. The number of nitrogens with zero attached hydrogens (tertiary/aromatic N) is 2. The van der Waals surface area contributed by atoms with Crippen LogP contribution < -0.4 is 24.4 Å². The Morgan fingerprint density at radius 3 is 2.28 bits per heavy atom. The number of methoxy groups -OCH3 is 3. The predicted octanol–water partition coefficient (Wildman–Crippen LogP) is 4.68. The summed E-state index contributed by atoms with van der Waals surface area (Å²) >= 11 is 0. The number of rotatable bonds is 10. The highest BCUT2D eigenvalue weighted by molar-refractivity contribution is 5.97. The highest BCUT2D eigenvalue weighted by Gasteiger charge is 2.41. The summed E-state index contributed by atoms with van der Waals surface area (Å²) in [5.41, 5.74) is 1.55. The molecule has 0 aromatic heterocycles. The van der Waals surface area contributed by atoms with Gasteiger partial charge in [-0.2, -0.15) is 0 Å². The van der Waals surface area contributed by atoms with Gasteiger partial charge < -0.3 is 29.3 Å². The van der Waals surface area contributed by atoms with Gasteiger partial charge in [0.15, 0.2) is 11.5 Å². The maximum atomic E-state index is 13.7. The SMILES string of the molecule is COc1ccc(N2C(=O)CC[C@@H](C(=O)NCCCN3C[C@H](C)C[C@H](C)C3)[C@@H]2c2ccc(OC)c(OC)c2)cc1. The highest BCUT2D eigenvalue weighted by Crippen LogP contribution is 2.42. The minimum absolute atomic E-state index is 0.0164. The summed E-state index contributed by atoms with van der Waals surface area (Å²) in [6, 6.07) is 12.5. The van der Waals surface area contributed by atoms with Crippen molar-refractivity contribution in [1.29, 1.82) is 0 Å². The number of anilines is 1. The summed E-state index contributed by atoms with van der Waals surface area (Å²) < 4.78 is 16.3. The van der Waals surface area contributed by atoms with E-state index in [1.54, 1.807) is 26.2 Å². The highest BCUT2D eigenvalue weighted by atomic mass is 16.5. The molecule has 8 heteroatoms. The lowest BCUT2D eigenvalue weighted by Crippen LogP contribution is -2.48. The van der Waals surface area contributed by atoms with Crippen LogP contribution in [-0.2, 0) is 9.59 Å². The zero-order chi connectivity index (χ0) is 27.9. The third-order valence-electron chi connectivity index (χ3n) is 7.93. The Hall–Kier alpha value is -3.26. The molecule has 39 heavy (non-hydrogen) atoms. The second kappa shape index (κ2) is 13.2. The second-order valence-electron chi connectivity index (χ2n) is 11.0. The standard InChI is InChI=1S/C31H43N3O5/c1-21-17-22(2)20-33(19-21)16-6-15-32-31(36)26-12-14-29(35)34(24-8-10-25(37-3)11-9-24)30(26)23-7-13-27(38-4)28(18-23)39-5/h7-11,13,18,21-22,26,30H,6,12,14-17,19-20H2,1-5H3,(H,32,36)/t21-,22+,26-,30+/m1/s1. The summed E-state index contributed by atoms with van der Waals surface area (Å²) in [6.07, 6.45) is 2.98. The van der Waals surface area contributed by atoms with Crippen LogP contribution in [0, 0.1) is 17.8 Å². The zero-order valence-corrected chi connectivity index (χ0v) is 23.9. The van der Waals surface area contributed by atoms with Crippen molar-refractivity contribution < 1.29 is 23.8 Å². The van der Waals surface area contributed by atoms with E-state index in [1.807, 2.05) is 42.5 Å². The van der Waals surface area contributed by atoms with Crippen LogP contribution in [0.3, 0.4) is 0 Å². The van der Waals surface area contributed by atoms with E-state index >= 15 is 0 Å². The van der Waals surface area contributed by atoms with Crippen LogP contribution in [0.4, 0.5) is 5.69 Å². The lowest BCUT2D eigenvalue weighted by molar-refractivity contribution is -0.129. The van der Waals surface area contributed by atoms with Gasteiger partial charge in [-0.15, -0.1) is 0 Å². The van der Waals surface area contributed by atoms with E-state index in [1.165, 1.54) is 6.42 Å². The summed E-state index contributed by atoms with van der Waals surface area (Å²) in [4.78, 5) is 31.3. The quantitative estimate of drug-likeness (QED) is 0.444. The minimum atomic E-state index is -0.483. The topological polar surface area (TPSA) is 80.3 Å². The molecule has 2 aromatic rings. The molecule has 2 amide bonds. The van der Waals surface area contributed by atoms with Crippen molar-refractivity contribution in [2.45, 2.75) is 45.6 Å². The Kier molecular flexibility index (Phi) is 9.73. The Bertz CT molecular complexity index is 1110. The number of likely N-dealkylation sites (tertiary alicyclic amines) is 1. The monoisotopic (exact) mass is 537 g/mol. The van der Waals surface area contributed by atoms with E-state index in [2.05, 4.69) is 24.1 Å². The van der Waals surface area contributed by atoms with E-state index < -0.39 is 12.0 Å². The van der Waals surface area contributed by atoms with Crippen molar-refractivity contribution in [3.8, 4) is 17.2 Å². The summed E-state index contributed by atoms with van der Waals surface area (Å²) in [5, 5.41) is 3.19. The van der Waals surface area contributed by atoms with Crippen molar-refractivity contribution in [1.82, 2.24) is 10.2 Å². The van der Waals surface area contributed by atoms with Crippen LogP contribution in [0.1, 0.15) is 51.1 Å². The maximum absolute atomic E-state index is 13.7. The molecule has 0 bridgehead atoms. The van der Waals surface area contributed by atoms with E-state index in [0.29, 0.717) is 48.5 Å². The molecule has 0 aliphatic carbocycles. The third kappa shape index (κ3) is 6.85. The number of ether oxygens (including phenoxy) is 3. The van der Waals surface area contributed by atoms with Crippen molar-refractivity contribution in [2.24, 2.45) is 17.8 Å². The molecule has 2 aliphatic heterocycles. The van der Waals surface area contributed by atoms with E-state index in [9.17, 15) is 9.59 Å². The molecule has 0 spiro atoms. The van der Waals surface area contributed by atoms with Gasteiger partial charge in [0.05, 0.1) is 33.3 Å². The van der Waals surface area contributed by atoms with E-state index in [4.69, 9.17) is 14.2 Å². The number of carbonyl (C=O) groups is 2. The predicted molar refractivity (Wildman–Crippen MR) is 153 cm³/mol. The fourth-order valence-electron chi connectivity index (χ4n) is 6.25. The van der Waals surface area contributed by atoms with Gasteiger partial charge in [-0.3, -0.25) is 9.59 Å². The van der Waals surface area contributed by atoms with Crippen LogP contribution in [-0.4, -0.2) is 64.2 Å². The Morgan fingerprint density at radius 2 is 1.64 bits per heavy atom. The molecule has 0 saturated carbocycles. The summed E-state index contributed by atoms with van der Waals surface area (Å²) in [7, 11) is 4.79. The first-order valence-corrected chi connectivity index (χ1v) is 14.0. The first-order chi connectivity index (χ1) is 18.8. The van der Waals surface area contributed by atoms with Crippen LogP contribution in [0.5, 0.6) is 17.2 Å². The maximum Gasteiger partial charge on any atom is 0.227 e. The van der Waals surface area contributed by atoms with Crippen LogP contribution >= 0.6 is 0 Å². The van der Waals surface area contributed by atoms with Gasteiger partial charge in [-0.1, -0.05) is 19.9 Å². The molecule has 0 radical (unpaired) electrons. The normalized spacial score (nSPS) is 23.8. The molecular formula is C31H43N3O5. The van der Waals surface area contributed by atoms with Gasteiger partial charge >= 0.3 is 0 Å². The number of hydrogen-bond acceptors (Lipinski definition) is 6. The van der Waals surface area contributed by atoms with Gasteiger partial charge in [0.25, 0.3) is 0 Å². The summed E-state index contributed by atoms with van der Waals surface area (Å²) in [6.45, 7) is 8.48. The minimum Gasteiger partial charge on any atom is -0.497 e. The van der Waals surface area contributed by atoms with Crippen LogP contribution in [0.2, 0.25) is 0 Å². The molecule has 2 aliphatic rings. The largest absolute Gasteiger partial charge is 0.497 e. The smallest absolute Gasteiger partial charge is 0.227 e. The van der Waals surface area contributed by atoms with Gasteiger partial charge in [0.2, 0.25) is 11.8 Å². The van der Waals surface area contributed by atoms with Crippen molar-refractivity contribution in [3.05, 3.63) is 48.0 Å². The molecule has 2 heterocycles. The third-order valence-corrected chi connectivity index (χ3v) is 7.93. The summed E-state index contributed by atoms with van der Waals surface area (Å²) in [5.74, 6) is 2.85. The fraction of sp³-hybridized carbons (Fsp3) is 0.548. The van der Waals surface area contributed by atoms with Crippen molar-refractivity contribution >= 4 is 17.5 Å². The number of piperidine rings is 2. The molecule has 0 unspecified atom stereocenters. The van der Waals surface area contributed by atoms with Crippen molar-refractivity contribution in [2.75, 3.05) is 52.4 Å². The Labute approximate surface area is 232 Å². The molecule has 8 nitrogen and oxygen atoms in total. The first-order valence-electron chi connectivity index (χ1n) is 14.0. The number of hydrogen-bond donors (Lipinski definition) is 1. The van der Waals surface area contributed by atoms with Gasteiger partial charge in [0.1, 0.15) is 5.75 Å². The van der Waals surface area contributed by atoms with Gasteiger partial charge in [-0.25, -0.2) is 0 Å². The molecular weight excluding hydrogens is 494 g/mol. The van der Waals surface area contributed by atoms with Gasteiger partial charge in [0, 0.05) is 31.7 Å². The molecule has 4 atom stereocenters. The lowest BCUT2D eigenvalue weighted by Gasteiger charge is -2.41. The average molecular weight is 538 g/mol. The first kappa shape index (κ1) is 28.7. The number of amides is 2. The molecule has 1 N–H and O–H groups in total. The molecule has 2 fully saturated rings. The average Bonchev–Trinajstić information content (AvgIpc) is 2.94. The molecule has 4 rings (SSSR count). The van der Waals surface area contributed by atoms with Crippen molar-refractivity contribution in [3.63, 3.8) is 0 Å². The number of nitrogens with one attached hydrogen (secondary N) is 1. The number of benzene rings is 2. The Morgan fingerprint density at radius 1 is 0.949 bits per heavy atom. The number of carbonyl (C=O) groups excluding carboxylic acids is 2. The Balaban J connectivity index is 1.55. The van der Waals surface area contributed by atoms with Crippen LogP contribution in [0.25, 0.3) is 0 Å². The van der Waals surface area contributed by atoms with E-state index in [0.717, 1.165) is 37.3 Å². The van der Waals surface area contributed by atoms with E-state index in [-0.39, 0.29) is 11.8 Å². The zero-order valence-electron chi connectivity index (χ0n) is 23.9. The molecule has 2 saturated heterocycles. The second-order valence-corrected chi connectivity index (χ2v) is 11.0. The fourth-order valence-corrected chi connectivity index (χ4v) is 6.25. The lowest BCUT2D eigenvalue weighted by atomic mass is 9.83. The molecule has 2 aromatic carbocycles. The van der Waals surface area contributed by atoms with Gasteiger partial charge in [-0.05, 0) is 79.6 Å². The van der Waals surface area contributed by atoms with Crippen LogP contribution in [0.15, 0.2) is 42.5 Å².